The van der Waals surface area contributed by atoms with Crippen molar-refractivity contribution in [3.63, 3.8) is 0 Å². The summed E-state index contributed by atoms with van der Waals surface area (Å²) in [6, 6.07) is 5.63. The fourth-order valence-corrected chi connectivity index (χ4v) is 1.25. The molecule has 0 heterocycles. The van der Waals surface area contributed by atoms with Crippen LogP contribution in [-0.4, -0.2) is 0 Å². The minimum absolute atomic E-state index is 0.773. The highest BCUT2D eigenvalue weighted by molar-refractivity contribution is 9.13. The van der Waals surface area contributed by atoms with Crippen molar-refractivity contribution in [2.75, 3.05) is 0 Å². The first-order chi connectivity index (χ1) is 5.24. The molecule has 0 aliphatic heterocycles. The van der Waals surface area contributed by atoms with Crippen LogP contribution in [0.15, 0.2) is 40.0 Å². The molecule has 0 atom stereocenters. The molecule has 1 rings (SSSR count). The van der Waals surface area contributed by atoms with Crippen LogP contribution in [0.3, 0.4) is 0 Å². The van der Waals surface area contributed by atoms with Crippen LogP contribution in [0.2, 0.25) is 0 Å². The SMILES string of the molecule is C=COc1ccc(Br)c(Br)c1. The van der Waals surface area contributed by atoms with Gasteiger partial charge in [-0.3, -0.25) is 0 Å². The van der Waals surface area contributed by atoms with Gasteiger partial charge in [-0.15, -0.1) is 0 Å². The Kier molecular flexibility index (Phi) is 3.15. The minimum Gasteiger partial charge on any atom is -0.466 e. The Hall–Kier alpha value is -0.280. The van der Waals surface area contributed by atoms with Gasteiger partial charge in [-0.25, -0.2) is 0 Å². The highest BCUT2D eigenvalue weighted by Crippen LogP contribution is 2.27. The second kappa shape index (κ2) is 3.93. The molecule has 11 heavy (non-hydrogen) atoms. The minimum atomic E-state index is 0.773. The number of hydrogen-bond acceptors (Lipinski definition) is 1. The van der Waals surface area contributed by atoms with Gasteiger partial charge in [-0.1, -0.05) is 6.58 Å². The summed E-state index contributed by atoms with van der Waals surface area (Å²) in [5.74, 6) is 0.773. The van der Waals surface area contributed by atoms with E-state index in [1.165, 1.54) is 6.26 Å². The summed E-state index contributed by atoms with van der Waals surface area (Å²) in [7, 11) is 0. The van der Waals surface area contributed by atoms with E-state index in [1.54, 1.807) is 0 Å². The number of ether oxygens (including phenoxy) is 1. The van der Waals surface area contributed by atoms with Crippen LogP contribution >= 0.6 is 31.9 Å². The molecule has 0 fully saturated rings. The maximum Gasteiger partial charge on any atom is 0.127 e. The van der Waals surface area contributed by atoms with Crippen molar-refractivity contribution in [3.05, 3.63) is 40.0 Å². The number of hydrogen-bond donors (Lipinski definition) is 0. The van der Waals surface area contributed by atoms with Gasteiger partial charge in [0.15, 0.2) is 0 Å². The fraction of sp³-hybridized carbons (Fsp3) is 0. The quantitative estimate of drug-likeness (QED) is 0.749. The summed E-state index contributed by atoms with van der Waals surface area (Å²) in [5.41, 5.74) is 0. The monoisotopic (exact) mass is 276 g/mol. The topological polar surface area (TPSA) is 9.23 Å². The standard InChI is InChI=1S/C8H6Br2O/c1-2-11-6-3-4-7(9)8(10)5-6/h2-5H,1H2. The van der Waals surface area contributed by atoms with Crippen LogP contribution in [0, 0.1) is 0 Å². The fourth-order valence-electron chi connectivity index (χ4n) is 0.646. The summed E-state index contributed by atoms with van der Waals surface area (Å²) in [4.78, 5) is 0. The Balaban J connectivity index is 2.95. The summed E-state index contributed by atoms with van der Waals surface area (Å²) < 4.78 is 7.03. The van der Waals surface area contributed by atoms with Gasteiger partial charge in [0.05, 0.1) is 6.26 Å². The normalized spacial score (nSPS) is 9.27. The molecule has 1 aromatic carbocycles. The van der Waals surface area contributed by atoms with Crippen LogP contribution in [0.5, 0.6) is 5.75 Å². The van der Waals surface area contributed by atoms with E-state index in [4.69, 9.17) is 4.74 Å². The molecule has 0 aliphatic rings. The molecule has 0 bridgehead atoms. The average Bonchev–Trinajstić information content (AvgIpc) is 1.98. The Morgan fingerprint density at radius 1 is 1.27 bits per heavy atom. The van der Waals surface area contributed by atoms with E-state index in [0.29, 0.717) is 0 Å². The third-order valence-corrected chi connectivity index (χ3v) is 2.99. The van der Waals surface area contributed by atoms with Crippen LogP contribution in [0.4, 0.5) is 0 Å². The third-order valence-electron chi connectivity index (χ3n) is 1.11. The lowest BCUT2D eigenvalue weighted by Crippen LogP contribution is -1.80. The first-order valence-electron chi connectivity index (χ1n) is 2.96. The zero-order valence-corrected chi connectivity index (χ0v) is 8.85. The largest absolute Gasteiger partial charge is 0.466 e. The van der Waals surface area contributed by atoms with E-state index in [-0.39, 0.29) is 0 Å². The molecule has 3 heteroatoms. The van der Waals surface area contributed by atoms with Crippen molar-refractivity contribution in [1.29, 1.82) is 0 Å². The van der Waals surface area contributed by atoms with Gasteiger partial charge in [0.2, 0.25) is 0 Å². The number of halogens is 2. The van der Waals surface area contributed by atoms with Gasteiger partial charge < -0.3 is 4.74 Å². The van der Waals surface area contributed by atoms with E-state index < -0.39 is 0 Å². The highest BCUT2D eigenvalue weighted by Gasteiger charge is 1.96. The predicted octanol–water partition coefficient (Wildman–Crippen LogP) is 3.73. The highest BCUT2D eigenvalue weighted by atomic mass is 79.9. The molecule has 0 spiro atoms. The van der Waals surface area contributed by atoms with Gasteiger partial charge in [0, 0.05) is 8.95 Å². The van der Waals surface area contributed by atoms with Crippen LogP contribution in [-0.2, 0) is 0 Å². The van der Waals surface area contributed by atoms with E-state index in [9.17, 15) is 0 Å². The lowest BCUT2D eigenvalue weighted by molar-refractivity contribution is 0.483. The molecule has 0 radical (unpaired) electrons. The first kappa shape index (κ1) is 8.81. The van der Waals surface area contributed by atoms with Crippen LogP contribution in [0.1, 0.15) is 0 Å². The van der Waals surface area contributed by atoms with Crippen molar-refractivity contribution in [2.24, 2.45) is 0 Å². The first-order valence-corrected chi connectivity index (χ1v) is 4.55. The summed E-state index contributed by atoms with van der Waals surface area (Å²) in [6.45, 7) is 3.46. The van der Waals surface area contributed by atoms with E-state index in [2.05, 4.69) is 38.4 Å². The third kappa shape index (κ3) is 2.34. The van der Waals surface area contributed by atoms with Gasteiger partial charge in [0.1, 0.15) is 5.75 Å². The summed E-state index contributed by atoms with van der Waals surface area (Å²) in [5, 5.41) is 0. The molecule has 0 amide bonds. The van der Waals surface area contributed by atoms with E-state index in [0.717, 1.165) is 14.7 Å². The number of rotatable bonds is 2. The molecule has 1 nitrogen and oxygen atoms in total. The Morgan fingerprint density at radius 3 is 2.55 bits per heavy atom. The lowest BCUT2D eigenvalue weighted by Gasteiger charge is -2.00. The molecule has 0 saturated heterocycles. The van der Waals surface area contributed by atoms with Crippen LogP contribution in [0.25, 0.3) is 0 Å². The summed E-state index contributed by atoms with van der Waals surface area (Å²) >= 11 is 6.71. The molecule has 0 aromatic heterocycles. The zero-order valence-electron chi connectivity index (χ0n) is 5.68. The Labute approximate surface area is 82.3 Å². The van der Waals surface area contributed by atoms with Crippen molar-refractivity contribution >= 4 is 31.9 Å². The van der Waals surface area contributed by atoms with Crippen molar-refractivity contribution < 1.29 is 4.74 Å². The smallest absolute Gasteiger partial charge is 0.127 e. The van der Waals surface area contributed by atoms with Gasteiger partial charge in [-0.05, 0) is 50.1 Å². The van der Waals surface area contributed by atoms with Crippen molar-refractivity contribution in [1.82, 2.24) is 0 Å². The molecular weight excluding hydrogens is 272 g/mol. The van der Waals surface area contributed by atoms with Crippen molar-refractivity contribution in [3.8, 4) is 5.75 Å². The Bertz CT molecular complexity index is 271. The van der Waals surface area contributed by atoms with Crippen molar-refractivity contribution in [2.45, 2.75) is 0 Å². The lowest BCUT2D eigenvalue weighted by atomic mass is 10.3. The molecule has 0 unspecified atom stereocenters. The molecular formula is C8H6Br2O. The van der Waals surface area contributed by atoms with Gasteiger partial charge in [-0.2, -0.15) is 0 Å². The zero-order chi connectivity index (χ0) is 8.27. The molecule has 0 saturated carbocycles. The van der Waals surface area contributed by atoms with Gasteiger partial charge in [0.25, 0.3) is 0 Å². The molecule has 1 aromatic rings. The molecule has 0 aliphatic carbocycles. The maximum atomic E-state index is 5.05. The number of benzene rings is 1. The second-order valence-corrected chi connectivity index (χ2v) is 3.57. The van der Waals surface area contributed by atoms with Gasteiger partial charge >= 0.3 is 0 Å². The summed E-state index contributed by atoms with van der Waals surface area (Å²) in [6.07, 6.45) is 1.40. The average molecular weight is 278 g/mol. The van der Waals surface area contributed by atoms with E-state index in [1.807, 2.05) is 18.2 Å². The predicted molar refractivity (Wildman–Crippen MR) is 52.7 cm³/mol. The van der Waals surface area contributed by atoms with E-state index >= 15 is 0 Å². The Morgan fingerprint density at radius 2 is 2.00 bits per heavy atom. The molecule has 0 N–H and O–H groups in total. The van der Waals surface area contributed by atoms with Crippen LogP contribution < -0.4 is 4.74 Å². The molecule has 58 valence electrons. The maximum absolute atomic E-state index is 5.05. The second-order valence-electron chi connectivity index (χ2n) is 1.86.